The number of ether oxygens (including phenoxy) is 3. The van der Waals surface area contributed by atoms with Crippen molar-refractivity contribution >= 4 is 17.9 Å². The van der Waals surface area contributed by atoms with Crippen LogP contribution in [0.4, 0.5) is 0 Å². The zero-order chi connectivity index (χ0) is 38.7. The molecule has 0 unspecified atom stereocenters. The zero-order valence-electron chi connectivity index (χ0n) is 35.8. The Bertz CT molecular complexity index is 783. The number of carbonyl (C=O) groups is 3. The summed E-state index contributed by atoms with van der Waals surface area (Å²) in [6.07, 6.45) is 43.9. The fourth-order valence-corrected chi connectivity index (χ4v) is 7.03. The highest BCUT2D eigenvalue weighted by Crippen LogP contribution is 2.16. The van der Waals surface area contributed by atoms with Crippen LogP contribution < -0.4 is 0 Å². The number of rotatable bonds is 43. The second-order valence-corrected chi connectivity index (χ2v) is 16.0. The third-order valence-corrected chi connectivity index (χ3v) is 10.6. The molecule has 6 heteroatoms. The molecule has 0 aliphatic carbocycles. The van der Waals surface area contributed by atoms with Crippen molar-refractivity contribution in [3.63, 3.8) is 0 Å². The molecule has 0 radical (unpaired) electrons. The van der Waals surface area contributed by atoms with Gasteiger partial charge in [0.1, 0.15) is 13.2 Å². The predicted molar refractivity (Wildman–Crippen MR) is 224 cm³/mol. The van der Waals surface area contributed by atoms with Gasteiger partial charge in [-0.3, -0.25) is 14.4 Å². The van der Waals surface area contributed by atoms with E-state index >= 15 is 0 Å². The third-order valence-electron chi connectivity index (χ3n) is 10.6. The molecule has 0 spiro atoms. The van der Waals surface area contributed by atoms with E-state index in [-0.39, 0.29) is 31.1 Å². The molecule has 0 saturated heterocycles. The summed E-state index contributed by atoms with van der Waals surface area (Å²) >= 11 is 0. The molecular weight excluding hydrogens is 661 g/mol. The van der Waals surface area contributed by atoms with Crippen molar-refractivity contribution in [3.8, 4) is 0 Å². The van der Waals surface area contributed by atoms with E-state index < -0.39 is 6.10 Å². The smallest absolute Gasteiger partial charge is 0.306 e. The minimum absolute atomic E-state index is 0.0636. The highest BCUT2D eigenvalue weighted by Gasteiger charge is 2.19. The Morgan fingerprint density at radius 1 is 0.302 bits per heavy atom. The highest BCUT2D eigenvalue weighted by atomic mass is 16.6. The summed E-state index contributed by atoms with van der Waals surface area (Å²) in [7, 11) is 0. The van der Waals surface area contributed by atoms with E-state index in [9.17, 15) is 14.4 Å². The molecule has 0 heterocycles. The van der Waals surface area contributed by atoms with Gasteiger partial charge in [-0.25, -0.2) is 0 Å². The van der Waals surface area contributed by atoms with Crippen molar-refractivity contribution in [2.45, 2.75) is 271 Å². The number of hydrogen-bond donors (Lipinski definition) is 0. The average Bonchev–Trinajstić information content (AvgIpc) is 3.15. The summed E-state index contributed by atoms with van der Waals surface area (Å²) in [5, 5.41) is 0. The third kappa shape index (κ3) is 41.4. The van der Waals surface area contributed by atoms with Gasteiger partial charge in [0.2, 0.25) is 0 Å². The molecule has 0 fully saturated rings. The maximum absolute atomic E-state index is 12.7. The van der Waals surface area contributed by atoms with Gasteiger partial charge in [-0.1, -0.05) is 226 Å². The fraction of sp³-hybridized carbons (Fsp3) is 0.936. The molecule has 53 heavy (non-hydrogen) atoms. The SMILES string of the molecule is CCCCCCCCCCCCCCCCCCCCCC(=O)O[C@H](COC(=O)CCCCCCCCC)COC(=O)CCCCCCCCCCC. The number of unbranched alkanes of at least 4 members (excludes halogenated alkanes) is 32. The molecule has 314 valence electrons. The molecule has 6 nitrogen and oxygen atoms in total. The first-order valence-electron chi connectivity index (χ1n) is 23.5. The second kappa shape index (κ2) is 43.1. The molecule has 0 N–H and O–H groups in total. The highest BCUT2D eigenvalue weighted by molar-refractivity contribution is 5.71. The summed E-state index contributed by atoms with van der Waals surface area (Å²) in [5.41, 5.74) is 0. The Morgan fingerprint density at radius 2 is 0.509 bits per heavy atom. The largest absolute Gasteiger partial charge is 0.462 e. The molecule has 1 atom stereocenters. The molecular formula is C47H90O6. The van der Waals surface area contributed by atoms with Crippen LogP contribution in [0.2, 0.25) is 0 Å². The predicted octanol–water partition coefficient (Wildman–Crippen LogP) is 14.9. The van der Waals surface area contributed by atoms with Gasteiger partial charge < -0.3 is 14.2 Å². The van der Waals surface area contributed by atoms with Crippen molar-refractivity contribution in [1.82, 2.24) is 0 Å². The molecule has 0 aromatic heterocycles. The summed E-state index contributed by atoms with van der Waals surface area (Å²) in [4.78, 5) is 37.5. The maximum atomic E-state index is 12.7. The molecule has 0 rings (SSSR count). The van der Waals surface area contributed by atoms with Gasteiger partial charge >= 0.3 is 17.9 Å². The lowest BCUT2D eigenvalue weighted by molar-refractivity contribution is -0.167. The molecule has 0 amide bonds. The molecule has 0 aliphatic heterocycles. The molecule has 0 aromatic carbocycles. The molecule has 0 aromatic rings. The van der Waals surface area contributed by atoms with E-state index in [1.165, 1.54) is 167 Å². The standard InChI is InChI=1S/C47H90O6/c1-4-7-10-13-16-18-19-20-21-22-23-24-25-26-27-29-32-35-38-41-47(50)53-44(42-51-45(48)39-36-33-30-15-12-9-6-3)43-52-46(49)40-37-34-31-28-17-14-11-8-5-2/h44H,4-43H2,1-3H3/t44-/m1/s1. The van der Waals surface area contributed by atoms with Crippen LogP contribution in [0.25, 0.3) is 0 Å². The summed E-state index contributed by atoms with van der Waals surface area (Å²) < 4.78 is 16.6. The van der Waals surface area contributed by atoms with Gasteiger partial charge in [0.15, 0.2) is 6.10 Å². The fourth-order valence-electron chi connectivity index (χ4n) is 7.03. The van der Waals surface area contributed by atoms with Crippen LogP contribution in [0.3, 0.4) is 0 Å². The van der Waals surface area contributed by atoms with E-state index in [2.05, 4.69) is 20.8 Å². The van der Waals surface area contributed by atoms with Crippen LogP contribution in [-0.2, 0) is 28.6 Å². The van der Waals surface area contributed by atoms with Crippen LogP contribution in [0.15, 0.2) is 0 Å². The summed E-state index contributed by atoms with van der Waals surface area (Å²) in [6, 6.07) is 0. The van der Waals surface area contributed by atoms with Crippen LogP contribution >= 0.6 is 0 Å². The molecule has 0 bridgehead atoms. The lowest BCUT2D eigenvalue weighted by atomic mass is 10.0. The van der Waals surface area contributed by atoms with Crippen LogP contribution in [0, 0.1) is 0 Å². The Morgan fingerprint density at radius 3 is 0.755 bits per heavy atom. The van der Waals surface area contributed by atoms with E-state index in [1.54, 1.807) is 0 Å². The molecule has 0 saturated carbocycles. The number of carbonyl (C=O) groups excluding carboxylic acids is 3. The monoisotopic (exact) mass is 751 g/mol. The zero-order valence-corrected chi connectivity index (χ0v) is 35.8. The normalized spacial score (nSPS) is 11.8. The number of esters is 3. The van der Waals surface area contributed by atoms with Crippen molar-refractivity contribution in [2.75, 3.05) is 13.2 Å². The van der Waals surface area contributed by atoms with Gasteiger partial charge in [-0.2, -0.15) is 0 Å². The maximum Gasteiger partial charge on any atom is 0.306 e. The van der Waals surface area contributed by atoms with Gasteiger partial charge in [0.05, 0.1) is 0 Å². The van der Waals surface area contributed by atoms with E-state index in [0.717, 1.165) is 57.8 Å². The Hall–Kier alpha value is -1.59. The van der Waals surface area contributed by atoms with E-state index in [1.807, 2.05) is 0 Å². The number of hydrogen-bond acceptors (Lipinski definition) is 6. The first-order valence-corrected chi connectivity index (χ1v) is 23.5. The first kappa shape index (κ1) is 51.4. The van der Waals surface area contributed by atoms with Gasteiger partial charge in [-0.15, -0.1) is 0 Å². The molecule has 0 aliphatic rings. The Balaban J connectivity index is 4.16. The minimum atomic E-state index is -0.757. The van der Waals surface area contributed by atoms with Crippen LogP contribution in [-0.4, -0.2) is 37.2 Å². The first-order chi connectivity index (χ1) is 26.0. The lowest BCUT2D eigenvalue weighted by Crippen LogP contribution is -2.30. The summed E-state index contributed by atoms with van der Waals surface area (Å²) in [5.74, 6) is -0.860. The lowest BCUT2D eigenvalue weighted by Gasteiger charge is -2.18. The van der Waals surface area contributed by atoms with Crippen molar-refractivity contribution < 1.29 is 28.6 Å². The van der Waals surface area contributed by atoms with Crippen LogP contribution in [0.5, 0.6) is 0 Å². The quantitative estimate of drug-likeness (QED) is 0.0351. The van der Waals surface area contributed by atoms with Gasteiger partial charge in [-0.05, 0) is 19.3 Å². The second-order valence-electron chi connectivity index (χ2n) is 16.0. The van der Waals surface area contributed by atoms with E-state index in [0.29, 0.717) is 19.3 Å². The summed E-state index contributed by atoms with van der Waals surface area (Å²) in [6.45, 7) is 6.60. The van der Waals surface area contributed by atoms with E-state index in [4.69, 9.17) is 14.2 Å². The van der Waals surface area contributed by atoms with Crippen molar-refractivity contribution in [3.05, 3.63) is 0 Å². The average molecular weight is 751 g/mol. The van der Waals surface area contributed by atoms with Crippen molar-refractivity contribution in [1.29, 1.82) is 0 Å². The Labute approximate surface area is 329 Å². The topological polar surface area (TPSA) is 78.9 Å². The van der Waals surface area contributed by atoms with Gasteiger partial charge in [0.25, 0.3) is 0 Å². The Kier molecular flexibility index (Phi) is 41.8. The minimum Gasteiger partial charge on any atom is -0.462 e. The van der Waals surface area contributed by atoms with Crippen molar-refractivity contribution in [2.24, 2.45) is 0 Å². The van der Waals surface area contributed by atoms with Crippen LogP contribution in [0.1, 0.15) is 265 Å². The van der Waals surface area contributed by atoms with Gasteiger partial charge in [0, 0.05) is 19.3 Å².